The van der Waals surface area contributed by atoms with Crippen LogP contribution >= 0.6 is 0 Å². The van der Waals surface area contributed by atoms with Crippen molar-refractivity contribution in [3.05, 3.63) is 188 Å². The molecular weight excluding hydrogens is 623 g/mol. The Hall–Kier alpha value is -6.84. The zero-order valence-corrected chi connectivity index (χ0v) is 27.7. The number of hydrogen-bond donors (Lipinski definition) is 0. The standard InChI is InChI=1S/C48H31NO2/c1-2-11-37-31-38(22-21-32(37)9-1)33-23-27-39(28-24-33)49(40-29-25-35(26-30-40)42-16-5-12-34-10-3-4-15-41(34)42)43-17-8-20-46-48(43)51-45-19-7-14-36-13-6-18-44(50-46)47(36)45/h1-31H. The molecule has 0 spiro atoms. The summed E-state index contributed by atoms with van der Waals surface area (Å²) in [5.74, 6) is 2.89. The van der Waals surface area contributed by atoms with E-state index in [2.05, 4.69) is 157 Å². The predicted octanol–water partition coefficient (Wildman–Crippen LogP) is 13.8. The largest absolute Gasteiger partial charge is 0.453 e. The van der Waals surface area contributed by atoms with Crippen molar-refractivity contribution in [2.75, 3.05) is 4.90 Å². The molecule has 9 aromatic rings. The van der Waals surface area contributed by atoms with E-state index in [1.165, 1.54) is 32.7 Å². The molecule has 0 fully saturated rings. The molecule has 0 atom stereocenters. The Labute approximate surface area is 296 Å². The van der Waals surface area contributed by atoms with Crippen LogP contribution in [0.2, 0.25) is 0 Å². The van der Waals surface area contributed by atoms with Gasteiger partial charge < -0.3 is 14.4 Å². The van der Waals surface area contributed by atoms with E-state index < -0.39 is 0 Å². The van der Waals surface area contributed by atoms with Crippen molar-refractivity contribution in [2.24, 2.45) is 0 Å². The van der Waals surface area contributed by atoms with Crippen LogP contribution in [-0.2, 0) is 0 Å². The minimum atomic E-state index is 0.665. The quantitative estimate of drug-likeness (QED) is 0.184. The summed E-state index contributed by atoms with van der Waals surface area (Å²) in [5, 5.41) is 6.97. The summed E-state index contributed by atoms with van der Waals surface area (Å²) in [7, 11) is 0. The molecule has 0 radical (unpaired) electrons. The normalized spacial score (nSPS) is 11.8. The molecule has 3 heteroatoms. The molecular formula is C48H31NO2. The highest BCUT2D eigenvalue weighted by molar-refractivity contribution is 5.98. The van der Waals surface area contributed by atoms with Gasteiger partial charge in [-0.15, -0.1) is 0 Å². The van der Waals surface area contributed by atoms with E-state index in [1.807, 2.05) is 36.4 Å². The number of ether oxygens (including phenoxy) is 2. The summed E-state index contributed by atoms with van der Waals surface area (Å²) >= 11 is 0. The Kier molecular flexibility index (Phi) is 6.81. The van der Waals surface area contributed by atoms with Crippen molar-refractivity contribution in [2.45, 2.75) is 0 Å². The maximum absolute atomic E-state index is 6.84. The highest BCUT2D eigenvalue weighted by atomic mass is 16.5. The summed E-state index contributed by atoms with van der Waals surface area (Å²) < 4.78 is 13.5. The highest BCUT2D eigenvalue weighted by Gasteiger charge is 2.25. The first-order chi connectivity index (χ1) is 25.3. The van der Waals surface area contributed by atoms with Crippen LogP contribution in [0, 0.1) is 0 Å². The van der Waals surface area contributed by atoms with E-state index in [9.17, 15) is 0 Å². The van der Waals surface area contributed by atoms with E-state index in [0.717, 1.165) is 50.5 Å². The van der Waals surface area contributed by atoms with Gasteiger partial charge in [-0.3, -0.25) is 0 Å². The number of anilines is 3. The number of para-hydroxylation sites is 1. The number of fused-ring (bicyclic) bond motifs is 3. The Morgan fingerprint density at radius 1 is 0.353 bits per heavy atom. The molecule has 240 valence electrons. The van der Waals surface area contributed by atoms with Gasteiger partial charge in [0.25, 0.3) is 0 Å². The lowest BCUT2D eigenvalue weighted by Crippen LogP contribution is -2.11. The highest BCUT2D eigenvalue weighted by Crippen LogP contribution is 2.52. The average molecular weight is 654 g/mol. The van der Waals surface area contributed by atoms with E-state index in [-0.39, 0.29) is 0 Å². The Balaban J connectivity index is 1.11. The van der Waals surface area contributed by atoms with Crippen molar-refractivity contribution in [1.82, 2.24) is 0 Å². The molecule has 0 amide bonds. The van der Waals surface area contributed by atoms with Gasteiger partial charge in [0, 0.05) is 11.4 Å². The molecule has 1 aliphatic heterocycles. The third kappa shape index (κ3) is 5.06. The topological polar surface area (TPSA) is 21.7 Å². The molecule has 0 unspecified atom stereocenters. The van der Waals surface area contributed by atoms with Crippen LogP contribution in [0.1, 0.15) is 0 Å². The van der Waals surface area contributed by atoms with E-state index in [4.69, 9.17) is 9.47 Å². The first-order valence-electron chi connectivity index (χ1n) is 17.2. The fraction of sp³-hybridized carbons (Fsp3) is 0. The number of benzene rings is 9. The van der Waals surface area contributed by atoms with Crippen LogP contribution in [0.25, 0.3) is 54.6 Å². The van der Waals surface area contributed by atoms with Gasteiger partial charge in [-0.05, 0) is 104 Å². The SMILES string of the molecule is c1cc2c(c(N(c3ccc(-c4ccc5ccccc5c4)cc3)c3ccc(-c4cccc5ccccc45)cc3)c1)Oc1cccc3cccc(c13)O2. The van der Waals surface area contributed by atoms with E-state index >= 15 is 0 Å². The molecule has 1 heterocycles. The second kappa shape index (κ2) is 11.9. The van der Waals surface area contributed by atoms with E-state index in [0.29, 0.717) is 11.5 Å². The van der Waals surface area contributed by atoms with Crippen molar-refractivity contribution < 1.29 is 9.47 Å². The smallest absolute Gasteiger partial charge is 0.193 e. The van der Waals surface area contributed by atoms with Crippen molar-refractivity contribution in [3.63, 3.8) is 0 Å². The Morgan fingerprint density at radius 3 is 1.71 bits per heavy atom. The van der Waals surface area contributed by atoms with Gasteiger partial charge in [0.05, 0.1) is 11.1 Å². The molecule has 1 aliphatic rings. The lowest BCUT2D eigenvalue weighted by Gasteiger charge is -2.28. The summed E-state index contributed by atoms with van der Waals surface area (Å²) in [5.41, 5.74) is 7.61. The molecule has 3 nitrogen and oxygen atoms in total. The van der Waals surface area contributed by atoms with E-state index in [1.54, 1.807) is 0 Å². The molecule has 10 rings (SSSR count). The Morgan fingerprint density at radius 2 is 0.922 bits per heavy atom. The number of rotatable bonds is 5. The van der Waals surface area contributed by atoms with Crippen LogP contribution in [0.4, 0.5) is 17.1 Å². The maximum atomic E-state index is 6.84. The van der Waals surface area contributed by atoms with Gasteiger partial charge in [0.1, 0.15) is 11.5 Å². The molecule has 0 saturated heterocycles. The molecule has 0 aromatic heterocycles. The molecule has 0 aliphatic carbocycles. The summed E-state index contributed by atoms with van der Waals surface area (Å²) in [6, 6.07) is 66.2. The lowest BCUT2D eigenvalue weighted by atomic mass is 9.98. The van der Waals surface area contributed by atoms with Gasteiger partial charge in [-0.25, -0.2) is 0 Å². The molecule has 0 N–H and O–H groups in total. The van der Waals surface area contributed by atoms with Crippen LogP contribution < -0.4 is 14.4 Å². The van der Waals surface area contributed by atoms with Crippen molar-refractivity contribution in [3.8, 4) is 45.3 Å². The van der Waals surface area contributed by atoms with Gasteiger partial charge in [0.2, 0.25) is 0 Å². The monoisotopic (exact) mass is 653 g/mol. The van der Waals surface area contributed by atoms with Gasteiger partial charge >= 0.3 is 0 Å². The summed E-state index contributed by atoms with van der Waals surface area (Å²) in [6.45, 7) is 0. The third-order valence-electron chi connectivity index (χ3n) is 9.89. The second-order valence-electron chi connectivity index (χ2n) is 12.9. The predicted molar refractivity (Wildman–Crippen MR) is 211 cm³/mol. The van der Waals surface area contributed by atoms with Gasteiger partial charge in [-0.2, -0.15) is 0 Å². The fourth-order valence-electron chi connectivity index (χ4n) is 7.40. The molecule has 0 saturated carbocycles. The second-order valence-corrected chi connectivity index (χ2v) is 12.9. The first kappa shape index (κ1) is 29.1. The Bertz CT molecular complexity index is 2740. The molecule has 51 heavy (non-hydrogen) atoms. The van der Waals surface area contributed by atoms with Crippen molar-refractivity contribution in [1.29, 1.82) is 0 Å². The zero-order chi connectivity index (χ0) is 33.7. The zero-order valence-electron chi connectivity index (χ0n) is 27.7. The fourth-order valence-corrected chi connectivity index (χ4v) is 7.40. The van der Waals surface area contributed by atoms with Gasteiger partial charge in [0.15, 0.2) is 11.5 Å². The first-order valence-corrected chi connectivity index (χ1v) is 17.2. The third-order valence-corrected chi connectivity index (χ3v) is 9.89. The molecule has 9 aromatic carbocycles. The van der Waals surface area contributed by atoms with Crippen LogP contribution in [-0.4, -0.2) is 0 Å². The van der Waals surface area contributed by atoms with Crippen LogP contribution in [0.3, 0.4) is 0 Å². The maximum Gasteiger partial charge on any atom is 0.193 e. The summed E-state index contributed by atoms with van der Waals surface area (Å²) in [6.07, 6.45) is 0. The average Bonchev–Trinajstić information content (AvgIpc) is 3.36. The minimum absolute atomic E-state index is 0.665. The number of hydrogen-bond acceptors (Lipinski definition) is 3. The van der Waals surface area contributed by atoms with Crippen LogP contribution in [0.15, 0.2) is 188 Å². The number of nitrogens with zero attached hydrogens (tertiary/aromatic N) is 1. The minimum Gasteiger partial charge on any atom is -0.453 e. The lowest BCUT2D eigenvalue weighted by molar-refractivity contribution is 0.440. The van der Waals surface area contributed by atoms with Crippen LogP contribution in [0.5, 0.6) is 23.0 Å². The molecule has 0 bridgehead atoms. The van der Waals surface area contributed by atoms with Crippen molar-refractivity contribution >= 4 is 49.4 Å². The summed E-state index contributed by atoms with van der Waals surface area (Å²) in [4.78, 5) is 2.26. The van der Waals surface area contributed by atoms with Gasteiger partial charge in [-0.1, -0.05) is 133 Å².